The van der Waals surface area contributed by atoms with Crippen LogP contribution in [0, 0.1) is 11.7 Å². The van der Waals surface area contributed by atoms with E-state index in [2.05, 4.69) is 0 Å². The van der Waals surface area contributed by atoms with Crippen molar-refractivity contribution in [2.45, 2.75) is 24.9 Å². The highest BCUT2D eigenvalue weighted by atomic mass is 19.4. The normalized spacial score (nSPS) is 24.9. The lowest BCUT2D eigenvalue weighted by Crippen LogP contribution is -2.23. The van der Waals surface area contributed by atoms with E-state index in [0.717, 1.165) is 5.56 Å². The summed E-state index contributed by atoms with van der Waals surface area (Å²) in [6, 6.07) is 5.91. The van der Waals surface area contributed by atoms with Crippen LogP contribution in [0.25, 0.3) is 0 Å². The number of halogens is 4. The summed E-state index contributed by atoms with van der Waals surface area (Å²) < 4.78 is 50.0. The molecule has 0 bridgehead atoms. The van der Waals surface area contributed by atoms with E-state index in [1.807, 2.05) is 0 Å². The fourth-order valence-electron chi connectivity index (χ4n) is 2.08. The van der Waals surface area contributed by atoms with Crippen molar-refractivity contribution in [2.24, 2.45) is 5.92 Å². The number of alkyl halides is 3. The van der Waals surface area contributed by atoms with Crippen LogP contribution in [0.4, 0.5) is 17.6 Å². The van der Waals surface area contributed by atoms with Gasteiger partial charge in [-0.25, -0.2) is 4.39 Å². The average Bonchev–Trinajstić information content (AvgIpc) is 2.29. The Labute approximate surface area is 97.0 Å². The molecule has 0 N–H and O–H groups in total. The quantitative estimate of drug-likeness (QED) is 0.506. The van der Waals surface area contributed by atoms with Crippen LogP contribution in [0.15, 0.2) is 36.4 Å². The number of rotatable bonds is 1. The zero-order valence-electron chi connectivity index (χ0n) is 9.04. The third-order valence-electron chi connectivity index (χ3n) is 3.08. The maximum absolute atomic E-state index is 12.7. The van der Waals surface area contributed by atoms with Crippen LogP contribution < -0.4 is 0 Å². The number of hydrogen-bond acceptors (Lipinski definition) is 0. The van der Waals surface area contributed by atoms with Crippen LogP contribution in [-0.2, 0) is 0 Å². The molecule has 1 aliphatic rings. The highest BCUT2D eigenvalue weighted by Crippen LogP contribution is 2.38. The minimum absolute atomic E-state index is 0.0331. The topological polar surface area (TPSA) is 0 Å². The zero-order valence-corrected chi connectivity index (χ0v) is 9.04. The first kappa shape index (κ1) is 12.1. The van der Waals surface area contributed by atoms with E-state index in [0.29, 0.717) is 6.42 Å². The lowest BCUT2D eigenvalue weighted by Gasteiger charge is -2.24. The van der Waals surface area contributed by atoms with E-state index in [-0.39, 0.29) is 18.2 Å². The van der Waals surface area contributed by atoms with Crippen LogP contribution in [-0.4, -0.2) is 6.18 Å². The Hall–Kier alpha value is -1.32. The van der Waals surface area contributed by atoms with E-state index in [4.69, 9.17) is 0 Å². The third-order valence-corrected chi connectivity index (χ3v) is 3.08. The first-order valence-electron chi connectivity index (χ1n) is 5.47. The largest absolute Gasteiger partial charge is 0.395 e. The lowest BCUT2D eigenvalue weighted by atomic mass is 9.84. The Bertz CT molecular complexity index is 402. The molecule has 0 aliphatic heterocycles. The van der Waals surface area contributed by atoms with Gasteiger partial charge in [-0.3, -0.25) is 0 Å². The Morgan fingerprint density at radius 2 is 1.59 bits per heavy atom. The second kappa shape index (κ2) is 4.51. The molecular weight excluding hydrogens is 232 g/mol. The lowest BCUT2D eigenvalue weighted by molar-refractivity contribution is -0.163. The van der Waals surface area contributed by atoms with Gasteiger partial charge >= 0.3 is 6.18 Å². The van der Waals surface area contributed by atoms with Gasteiger partial charge in [-0.1, -0.05) is 24.3 Å². The Kier molecular flexibility index (Phi) is 3.22. The standard InChI is InChI=1S/C13H12F4/c14-12-7-3-10(4-8-12)9-1-5-11(6-2-9)13(15,16)17/h1,3-5,7-9,11H,2,6H2. The molecule has 0 radical (unpaired) electrons. The summed E-state index contributed by atoms with van der Waals surface area (Å²) in [4.78, 5) is 0. The van der Waals surface area contributed by atoms with Crippen LogP contribution in [0.2, 0.25) is 0 Å². The van der Waals surface area contributed by atoms with E-state index < -0.39 is 12.1 Å². The van der Waals surface area contributed by atoms with Crippen LogP contribution in [0.5, 0.6) is 0 Å². The van der Waals surface area contributed by atoms with Gasteiger partial charge in [-0.15, -0.1) is 0 Å². The minimum atomic E-state index is -4.15. The van der Waals surface area contributed by atoms with Gasteiger partial charge in [0.1, 0.15) is 5.82 Å². The molecule has 2 rings (SSSR count). The molecule has 0 amide bonds. The summed E-state index contributed by atoms with van der Waals surface area (Å²) in [6.45, 7) is 0. The van der Waals surface area contributed by atoms with Crippen molar-refractivity contribution in [3.8, 4) is 0 Å². The van der Waals surface area contributed by atoms with Crippen molar-refractivity contribution in [1.82, 2.24) is 0 Å². The van der Waals surface area contributed by atoms with E-state index in [9.17, 15) is 17.6 Å². The molecule has 0 aromatic heterocycles. The summed E-state index contributed by atoms with van der Waals surface area (Å²) in [7, 11) is 0. The highest BCUT2D eigenvalue weighted by Gasteiger charge is 2.39. The van der Waals surface area contributed by atoms with E-state index >= 15 is 0 Å². The monoisotopic (exact) mass is 244 g/mol. The number of hydrogen-bond donors (Lipinski definition) is 0. The molecule has 1 aromatic carbocycles. The Morgan fingerprint density at radius 1 is 0.941 bits per heavy atom. The van der Waals surface area contributed by atoms with Gasteiger partial charge in [0.05, 0.1) is 5.92 Å². The molecule has 1 aliphatic carbocycles. The fraction of sp³-hybridized carbons (Fsp3) is 0.385. The summed E-state index contributed by atoms with van der Waals surface area (Å²) >= 11 is 0. The molecule has 0 saturated heterocycles. The van der Waals surface area contributed by atoms with Crippen molar-refractivity contribution in [3.05, 3.63) is 47.8 Å². The van der Waals surface area contributed by atoms with Gasteiger partial charge in [0.2, 0.25) is 0 Å². The molecule has 0 heterocycles. The first-order chi connectivity index (χ1) is 7.97. The highest BCUT2D eigenvalue weighted by molar-refractivity contribution is 5.26. The molecule has 0 spiro atoms. The maximum atomic E-state index is 12.7. The van der Waals surface area contributed by atoms with Gasteiger partial charge in [0.15, 0.2) is 0 Å². The van der Waals surface area contributed by atoms with Crippen molar-refractivity contribution in [3.63, 3.8) is 0 Å². The smallest absolute Gasteiger partial charge is 0.207 e. The fourth-order valence-corrected chi connectivity index (χ4v) is 2.08. The molecule has 0 saturated carbocycles. The van der Waals surface area contributed by atoms with Gasteiger partial charge in [0.25, 0.3) is 0 Å². The molecule has 1 aromatic rings. The van der Waals surface area contributed by atoms with Crippen molar-refractivity contribution < 1.29 is 17.6 Å². The molecule has 4 heteroatoms. The molecule has 2 atom stereocenters. The predicted molar refractivity (Wildman–Crippen MR) is 57.1 cm³/mol. The SMILES string of the molecule is Fc1ccc(C2C=CC(C(F)(F)F)CC2)cc1. The molecule has 0 nitrogen and oxygen atoms in total. The molecule has 17 heavy (non-hydrogen) atoms. The first-order valence-corrected chi connectivity index (χ1v) is 5.47. The van der Waals surface area contributed by atoms with Crippen molar-refractivity contribution >= 4 is 0 Å². The molecule has 0 fully saturated rings. The van der Waals surface area contributed by atoms with Crippen LogP contribution >= 0.6 is 0 Å². The number of allylic oxidation sites excluding steroid dienone is 2. The third kappa shape index (κ3) is 2.87. The van der Waals surface area contributed by atoms with E-state index in [1.165, 1.54) is 18.2 Å². The Morgan fingerprint density at radius 3 is 2.06 bits per heavy atom. The molecule has 92 valence electrons. The van der Waals surface area contributed by atoms with Gasteiger partial charge in [0, 0.05) is 5.92 Å². The summed E-state index contributed by atoms with van der Waals surface area (Å²) in [5, 5.41) is 0. The predicted octanol–water partition coefficient (Wildman–Crippen LogP) is 4.44. The summed E-state index contributed by atoms with van der Waals surface area (Å²) in [5.74, 6) is -1.70. The van der Waals surface area contributed by atoms with Crippen LogP contribution in [0.3, 0.4) is 0 Å². The summed E-state index contributed by atoms with van der Waals surface area (Å²) in [5.41, 5.74) is 0.864. The van der Waals surface area contributed by atoms with Crippen molar-refractivity contribution in [1.29, 1.82) is 0 Å². The zero-order chi connectivity index (χ0) is 12.5. The van der Waals surface area contributed by atoms with E-state index in [1.54, 1.807) is 18.2 Å². The van der Waals surface area contributed by atoms with Crippen LogP contribution in [0.1, 0.15) is 24.3 Å². The average molecular weight is 244 g/mol. The second-order valence-electron chi connectivity index (χ2n) is 4.27. The minimum Gasteiger partial charge on any atom is -0.207 e. The van der Waals surface area contributed by atoms with Gasteiger partial charge < -0.3 is 0 Å². The van der Waals surface area contributed by atoms with Gasteiger partial charge in [-0.05, 0) is 30.5 Å². The Balaban J connectivity index is 2.10. The molecular formula is C13H12F4. The van der Waals surface area contributed by atoms with Crippen molar-refractivity contribution in [2.75, 3.05) is 0 Å². The maximum Gasteiger partial charge on any atom is 0.395 e. The summed E-state index contributed by atoms with van der Waals surface area (Å²) in [6.07, 6.45) is -0.801. The van der Waals surface area contributed by atoms with Gasteiger partial charge in [-0.2, -0.15) is 13.2 Å². The number of benzene rings is 1. The molecule has 2 unspecified atom stereocenters. The second-order valence-corrected chi connectivity index (χ2v) is 4.27.